The Hall–Kier alpha value is -0.970. The molecule has 2 amide bonds. The molecule has 0 aromatic carbocycles. The molecule has 2 aliphatic rings. The van der Waals surface area contributed by atoms with Gasteiger partial charge in [-0.2, -0.15) is 0 Å². The maximum Gasteiger partial charge on any atom is 0.253 e. The topological polar surface area (TPSA) is 49.4 Å². The molecule has 0 radical (unpaired) electrons. The van der Waals surface area contributed by atoms with Gasteiger partial charge >= 0.3 is 0 Å². The first-order valence-corrected chi connectivity index (χ1v) is 4.69. The number of nitrogens with zero attached hydrogens (tertiary/aromatic N) is 1. The fourth-order valence-corrected chi connectivity index (χ4v) is 2.48. The Morgan fingerprint density at radius 3 is 3.33 bits per heavy atom. The molecule has 1 unspecified atom stereocenters. The lowest BCUT2D eigenvalue weighted by atomic mass is 10.1. The predicted octanol–water partition coefficient (Wildman–Crippen LogP) is -0.470. The van der Waals surface area contributed by atoms with E-state index in [9.17, 15) is 9.59 Å². The van der Waals surface area contributed by atoms with E-state index in [2.05, 4.69) is 5.32 Å². The minimum Gasteiger partial charge on any atom is -0.344 e. The maximum atomic E-state index is 11.2. The Kier molecular flexibility index (Phi) is 1.80. The van der Waals surface area contributed by atoms with Gasteiger partial charge in [0.1, 0.15) is 11.4 Å². The number of nitrogens with one attached hydrogen (secondary N) is 1. The van der Waals surface area contributed by atoms with Crippen LogP contribution in [0.15, 0.2) is 12.3 Å². The first kappa shape index (κ1) is 7.67. The molecule has 0 aromatic heterocycles. The summed E-state index contributed by atoms with van der Waals surface area (Å²) in [4.78, 5) is 23.0. The Morgan fingerprint density at radius 1 is 1.75 bits per heavy atom. The van der Waals surface area contributed by atoms with E-state index >= 15 is 0 Å². The zero-order valence-electron chi connectivity index (χ0n) is 6.27. The molecular formula is C7H8N2O2S. The Morgan fingerprint density at radius 2 is 2.58 bits per heavy atom. The van der Waals surface area contributed by atoms with Gasteiger partial charge in [0.15, 0.2) is 0 Å². The number of amides is 2. The van der Waals surface area contributed by atoms with E-state index in [4.69, 9.17) is 0 Å². The molecule has 4 nitrogen and oxygen atoms in total. The summed E-state index contributed by atoms with van der Waals surface area (Å²) in [6, 6.07) is -0.308. The van der Waals surface area contributed by atoms with E-state index in [1.807, 2.05) is 6.08 Å². The van der Waals surface area contributed by atoms with Crippen molar-refractivity contribution in [1.82, 2.24) is 10.2 Å². The van der Waals surface area contributed by atoms with E-state index in [-0.39, 0.29) is 17.3 Å². The third-order valence-corrected chi connectivity index (χ3v) is 3.18. The van der Waals surface area contributed by atoms with Crippen LogP contribution in [0.25, 0.3) is 0 Å². The second-order valence-corrected chi connectivity index (χ2v) is 3.77. The van der Waals surface area contributed by atoms with Gasteiger partial charge in [0, 0.05) is 12.0 Å². The molecular weight excluding hydrogens is 176 g/mol. The van der Waals surface area contributed by atoms with Crippen molar-refractivity contribution >= 4 is 24.1 Å². The quantitative estimate of drug-likeness (QED) is 0.466. The van der Waals surface area contributed by atoms with Crippen LogP contribution in [-0.2, 0) is 9.59 Å². The van der Waals surface area contributed by atoms with Crippen molar-refractivity contribution in [3.05, 3.63) is 12.3 Å². The highest BCUT2D eigenvalue weighted by Gasteiger charge is 2.47. The average molecular weight is 184 g/mol. The summed E-state index contributed by atoms with van der Waals surface area (Å²) in [6.07, 6.45) is 4.31. The molecule has 1 fully saturated rings. The molecule has 2 atom stereocenters. The molecule has 0 spiro atoms. The molecule has 2 aliphatic heterocycles. The van der Waals surface area contributed by atoms with Gasteiger partial charge in [0.05, 0.1) is 0 Å². The third-order valence-electron chi connectivity index (χ3n) is 1.96. The Labute approximate surface area is 74.0 Å². The molecule has 0 saturated carbocycles. The van der Waals surface area contributed by atoms with Gasteiger partial charge in [0.25, 0.3) is 5.91 Å². The van der Waals surface area contributed by atoms with Gasteiger partial charge in [-0.25, -0.2) is 0 Å². The van der Waals surface area contributed by atoms with Crippen LogP contribution >= 0.6 is 11.8 Å². The number of hydrogen-bond donors (Lipinski definition) is 1. The van der Waals surface area contributed by atoms with Crippen molar-refractivity contribution < 1.29 is 9.59 Å². The van der Waals surface area contributed by atoms with Gasteiger partial charge in [-0.1, -0.05) is 6.08 Å². The van der Waals surface area contributed by atoms with Gasteiger partial charge in [-0.15, -0.1) is 11.8 Å². The molecule has 5 heteroatoms. The molecule has 2 rings (SSSR count). The van der Waals surface area contributed by atoms with Crippen LogP contribution in [0, 0.1) is 0 Å². The average Bonchev–Trinajstić information content (AvgIpc) is 2.13. The number of hydrogen-bond acceptors (Lipinski definition) is 3. The maximum absolute atomic E-state index is 11.2. The summed E-state index contributed by atoms with van der Waals surface area (Å²) in [5.41, 5.74) is 0. The number of thioether (sulfide) groups is 1. The lowest BCUT2D eigenvalue weighted by Gasteiger charge is -2.45. The van der Waals surface area contributed by atoms with E-state index in [1.54, 1.807) is 22.9 Å². The normalized spacial score (nSPS) is 32.3. The molecule has 2 heterocycles. The monoisotopic (exact) mass is 184 g/mol. The van der Waals surface area contributed by atoms with Crippen molar-refractivity contribution in [3.63, 3.8) is 0 Å². The molecule has 12 heavy (non-hydrogen) atoms. The van der Waals surface area contributed by atoms with Crippen LogP contribution in [0.4, 0.5) is 0 Å². The van der Waals surface area contributed by atoms with Crippen LogP contribution in [0.5, 0.6) is 0 Å². The Balaban J connectivity index is 2.07. The van der Waals surface area contributed by atoms with Gasteiger partial charge < -0.3 is 10.2 Å². The lowest BCUT2D eigenvalue weighted by molar-refractivity contribution is -0.143. The van der Waals surface area contributed by atoms with Crippen molar-refractivity contribution in [2.75, 3.05) is 5.75 Å². The van der Waals surface area contributed by atoms with E-state index < -0.39 is 0 Å². The number of carbonyl (C=O) groups excluding carboxylic acids is 2. The fourth-order valence-electron chi connectivity index (χ4n) is 1.36. The van der Waals surface area contributed by atoms with Crippen LogP contribution in [0.2, 0.25) is 0 Å². The van der Waals surface area contributed by atoms with Crippen molar-refractivity contribution in [2.45, 2.75) is 11.4 Å². The number of carbonyl (C=O) groups is 2. The largest absolute Gasteiger partial charge is 0.344 e. The summed E-state index contributed by atoms with van der Waals surface area (Å²) in [5, 5.41) is 2.62. The van der Waals surface area contributed by atoms with Gasteiger partial charge in [0.2, 0.25) is 6.41 Å². The second kappa shape index (κ2) is 2.82. The summed E-state index contributed by atoms with van der Waals surface area (Å²) in [5.74, 6) is 0.890. The number of rotatable bonds is 2. The molecule has 0 bridgehead atoms. The number of fused-ring (bicyclic) bond motifs is 1. The summed E-state index contributed by atoms with van der Waals surface area (Å²) in [6.45, 7) is 0. The van der Waals surface area contributed by atoms with Crippen molar-refractivity contribution in [1.29, 1.82) is 0 Å². The SMILES string of the molecule is O=CNC1C(=O)N2C=CCS[C@H]12. The van der Waals surface area contributed by atoms with Gasteiger partial charge in [-0.3, -0.25) is 9.59 Å². The first-order valence-electron chi connectivity index (χ1n) is 3.65. The van der Waals surface area contributed by atoms with Crippen molar-refractivity contribution in [2.24, 2.45) is 0 Å². The standard InChI is InChI=1S/C7H8N2O2S/c10-4-8-5-6(11)9-2-1-3-12-7(5)9/h1-2,4-5,7H,3H2,(H,8,10)/t5?,7-/m1/s1. The zero-order valence-corrected chi connectivity index (χ0v) is 7.08. The predicted molar refractivity (Wildman–Crippen MR) is 45.2 cm³/mol. The Bertz CT molecular complexity index is 254. The van der Waals surface area contributed by atoms with Crippen LogP contribution in [0.1, 0.15) is 0 Å². The molecule has 64 valence electrons. The minimum absolute atomic E-state index is 0.0180. The summed E-state index contributed by atoms with van der Waals surface area (Å²) in [7, 11) is 0. The van der Waals surface area contributed by atoms with E-state index in [0.717, 1.165) is 5.75 Å². The molecule has 0 aromatic rings. The fraction of sp³-hybridized carbons (Fsp3) is 0.429. The van der Waals surface area contributed by atoms with Gasteiger partial charge in [-0.05, 0) is 0 Å². The van der Waals surface area contributed by atoms with Crippen LogP contribution in [0.3, 0.4) is 0 Å². The highest BCUT2D eigenvalue weighted by Crippen LogP contribution is 2.32. The highest BCUT2D eigenvalue weighted by molar-refractivity contribution is 8.00. The third kappa shape index (κ3) is 0.929. The highest BCUT2D eigenvalue weighted by atomic mass is 32.2. The number of β-lactam (4-membered cyclic amide) rings is 1. The lowest BCUT2D eigenvalue weighted by Crippen LogP contribution is -2.67. The molecule has 0 aliphatic carbocycles. The minimum atomic E-state index is -0.308. The first-order chi connectivity index (χ1) is 5.84. The van der Waals surface area contributed by atoms with E-state index in [1.165, 1.54) is 0 Å². The van der Waals surface area contributed by atoms with Crippen molar-refractivity contribution in [3.8, 4) is 0 Å². The molecule has 1 saturated heterocycles. The van der Waals surface area contributed by atoms with Crippen LogP contribution in [-0.4, -0.2) is 34.4 Å². The smallest absolute Gasteiger partial charge is 0.253 e. The summed E-state index contributed by atoms with van der Waals surface area (Å²) >= 11 is 1.66. The second-order valence-electron chi connectivity index (χ2n) is 2.62. The summed E-state index contributed by atoms with van der Waals surface area (Å²) < 4.78 is 0. The van der Waals surface area contributed by atoms with Crippen LogP contribution < -0.4 is 5.32 Å². The molecule has 1 N–H and O–H groups in total. The van der Waals surface area contributed by atoms with E-state index in [0.29, 0.717) is 6.41 Å². The zero-order chi connectivity index (χ0) is 8.55.